The zero-order valence-corrected chi connectivity index (χ0v) is 9.03. The predicted molar refractivity (Wildman–Crippen MR) is 58.3 cm³/mol. The topological polar surface area (TPSA) is 29.9 Å². The lowest BCUT2D eigenvalue weighted by Gasteiger charge is -2.27. The fraction of sp³-hybridized carbons (Fsp3) is 0.727. The average Bonchev–Trinajstić information content (AvgIpc) is 2.51. The molecule has 1 saturated carbocycles. The Morgan fingerprint density at radius 3 is 3.00 bits per heavy atom. The van der Waals surface area contributed by atoms with Gasteiger partial charge in [0.15, 0.2) is 0 Å². The van der Waals surface area contributed by atoms with Crippen molar-refractivity contribution in [1.29, 1.82) is 0 Å². The van der Waals surface area contributed by atoms with Gasteiger partial charge in [0.2, 0.25) is 0 Å². The van der Waals surface area contributed by atoms with Crippen LogP contribution in [0.15, 0.2) is 12.3 Å². The molecule has 0 saturated heterocycles. The molecule has 0 aliphatic heterocycles. The maximum absolute atomic E-state index is 4.34. The molecule has 1 aromatic heterocycles. The Morgan fingerprint density at radius 2 is 2.36 bits per heavy atom. The fourth-order valence-corrected chi connectivity index (χ4v) is 2.27. The van der Waals surface area contributed by atoms with Gasteiger partial charge in [-0.2, -0.15) is 5.10 Å². The van der Waals surface area contributed by atoms with Gasteiger partial charge in [0.05, 0.1) is 0 Å². The van der Waals surface area contributed by atoms with Crippen LogP contribution in [0.5, 0.6) is 0 Å². The number of rotatable bonds is 2. The molecular weight excluding hydrogens is 174 g/mol. The normalized spacial score (nSPS) is 27.6. The van der Waals surface area contributed by atoms with Crippen LogP contribution in [0.4, 0.5) is 5.82 Å². The SMILES string of the molecule is CC1CCCC(Nc2ccn(C)n2)C1. The summed E-state index contributed by atoms with van der Waals surface area (Å²) >= 11 is 0. The van der Waals surface area contributed by atoms with Crippen LogP contribution in [0, 0.1) is 5.92 Å². The van der Waals surface area contributed by atoms with Gasteiger partial charge in [-0.25, -0.2) is 0 Å². The quantitative estimate of drug-likeness (QED) is 0.781. The number of hydrogen-bond donors (Lipinski definition) is 1. The zero-order chi connectivity index (χ0) is 9.97. The van der Waals surface area contributed by atoms with Crippen molar-refractivity contribution in [2.45, 2.75) is 38.6 Å². The van der Waals surface area contributed by atoms with E-state index in [1.54, 1.807) is 0 Å². The van der Waals surface area contributed by atoms with Crippen molar-refractivity contribution in [2.24, 2.45) is 13.0 Å². The van der Waals surface area contributed by atoms with E-state index >= 15 is 0 Å². The highest BCUT2D eigenvalue weighted by molar-refractivity contribution is 5.33. The average molecular weight is 193 g/mol. The van der Waals surface area contributed by atoms with Gasteiger partial charge in [-0.3, -0.25) is 4.68 Å². The summed E-state index contributed by atoms with van der Waals surface area (Å²) in [6.07, 6.45) is 7.30. The van der Waals surface area contributed by atoms with Crippen molar-refractivity contribution in [2.75, 3.05) is 5.32 Å². The van der Waals surface area contributed by atoms with Crippen molar-refractivity contribution >= 4 is 5.82 Å². The Bertz CT molecular complexity index is 292. The summed E-state index contributed by atoms with van der Waals surface area (Å²) < 4.78 is 1.84. The van der Waals surface area contributed by atoms with Crippen molar-refractivity contribution in [3.63, 3.8) is 0 Å². The van der Waals surface area contributed by atoms with Gasteiger partial charge >= 0.3 is 0 Å². The van der Waals surface area contributed by atoms with Crippen molar-refractivity contribution in [3.8, 4) is 0 Å². The Kier molecular flexibility index (Phi) is 2.75. The van der Waals surface area contributed by atoms with E-state index in [0.717, 1.165) is 11.7 Å². The summed E-state index contributed by atoms with van der Waals surface area (Å²) in [5.74, 6) is 1.89. The van der Waals surface area contributed by atoms with Crippen molar-refractivity contribution in [3.05, 3.63) is 12.3 Å². The second-order valence-corrected chi connectivity index (χ2v) is 4.49. The minimum Gasteiger partial charge on any atom is -0.366 e. The first-order valence-electron chi connectivity index (χ1n) is 5.50. The number of aryl methyl sites for hydroxylation is 1. The summed E-state index contributed by atoms with van der Waals surface area (Å²) in [6.45, 7) is 2.34. The van der Waals surface area contributed by atoms with E-state index in [0.29, 0.717) is 6.04 Å². The highest BCUT2D eigenvalue weighted by atomic mass is 15.3. The van der Waals surface area contributed by atoms with E-state index < -0.39 is 0 Å². The third-order valence-corrected chi connectivity index (χ3v) is 3.00. The number of nitrogens with one attached hydrogen (secondary N) is 1. The molecule has 1 fully saturated rings. The summed E-state index contributed by atoms with van der Waals surface area (Å²) in [5, 5.41) is 7.84. The minimum atomic E-state index is 0.633. The lowest BCUT2D eigenvalue weighted by molar-refractivity contribution is 0.358. The number of aromatic nitrogens is 2. The lowest BCUT2D eigenvalue weighted by atomic mass is 9.87. The van der Waals surface area contributed by atoms with E-state index in [4.69, 9.17) is 0 Å². The summed E-state index contributed by atoms with van der Waals surface area (Å²) in [5.41, 5.74) is 0. The van der Waals surface area contributed by atoms with Gasteiger partial charge in [0.25, 0.3) is 0 Å². The van der Waals surface area contributed by atoms with Gasteiger partial charge in [-0.05, 0) is 18.8 Å². The lowest BCUT2D eigenvalue weighted by Crippen LogP contribution is -2.26. The first-order valence-corrected chi connectivity index (χ1v) is 5.50. The molecule has 1 aliphatic rings. The third kappa shape index (κ3) is 2.28. The molecule has 3 nitrogen and oxygen atoms in total. The van der Waals surface area contributed by atoms with Crippen LogP contribution in [0.2, 0.25) is 0 Å². The van der Waals surface area contributed by atoms with Gasteiger partial charge in [0.1, 0.15) is 5.82 Å². The van der Waals surface area contributed by atoms with E-state index in [1.165, 1.54) is 25.7 Å². The molecule has 1 heterocycles. The van der Waals surface area contributed by atoms with Crippen LogP contribution >= 0.6 is 0 Å². The Hall–Kier alpha value is -0.990. The zero-order valence-electron chi connectivity index (χ0n) is 9.03. The maximum atomic E-state index is 4.34. The van der Waals surface area contributed by atoms with Crippen LogP contribution in [-0.2, 0) is 7.05 Å². The van der Waals surface area contributed by atoms with Crippen LogP contribution in [0.3, 0.4) is 0 Å². The highest BCUT2D eigenvalue weighted by Crippen LogP contribution is 2.25. The molecule has 2 atom stereocenters. The summed E-state index contributed by atoms with van der Waals surface area (Å²) in [6, 6.07) is 2.67. The summed E-state index contributed by atoms with van der Waals surface area (Å²) in [7, 11) is 1.95. The molecule has 0 spiro atoms. The van der Waals surface area contributed by atoms with Gasteiger partial charge in [-0.15, -0.1) is 0 Å². The van der Waals surface area contributed by atoms with Crippen molar-refractivity contribution in [1.82, 2.24) is 9.78 Å². The van der Waals surface area contributed by atoms with Crippen LogP contribution in [0.25, 0.3) is 0 Å². The second-order valence-electron chi connectivity index (χ2n) is 4.49. The summed E-state index contributed by atoms with van der Waals surface area (Å²) in [4.78, 5) is 0. The molecule has 1 aliphatic carbocycles. The van der Waals surface area contributed by atoms with Crippen LogP contribution < -0.4 is 5.32 Å². The fourth-order valence-electron chi connectivity index (χ4n) is 2.27. The molecule has 1 aromatic rings. The largest absolute Gasteiger partial charge is 0.366 e. The molecule has 0 radical (unpaired) electrons. The number of anilines is 1. The Morgan fingerprint density at radius 1 is 1.50 bits per heavy atom. The van der Waals surface area contributed by atoms with E-state index in [2.05, 4.69) is 17.3 Å². The first kappa shape index (κ1) is 9.56. The number of hydrogen-bond acceptors (Lipinski definition) is 2. The molecular formula is C11H19N3. The van der Waals surface area contributed by atoms with E-state index in [9.17, 15) is 0 Å². The molecule has 2 rings (SSSR count). The van der Waals surface area contributed by atoms with Gasteiger partial charge < -0.3 is 5.32 Å². The number of nitrogens with zero attached hydrogens (tertiary/aromatic N) is 2. The molecule has 0 amide bonds. The Balaban J connectivity index is 1.90. The monoisotopic (exact) mass is 193 g/mol. The highest BCUT2D eigenvalue weighted by Gasteiger charge is 2.18. The van der Waals surface area contributed by atoms with Gasteiger partial charge in [0, 0.05) is 25.4 Å². The smallest absolute Gasteiger partial charge is 0.148 e. The van der Waals surface area contributed by atoms with Crippen LogP contribution in [0.1, 0.15) is 32.6 Å². The molecule has 0 aromatic carbocycles. The molecule has 0 bridgehead atoms. The van der Waals surface area contributed by atoms with Gasteiger partial charge in [-0.1, -0.05) is 19.8 Å². The van der Waals surface area contributed by atoms with E-state index in [1.807, 2.05) is 24.0 Å². The predicted octanol–water partition coefficient (Wildman–Crippen LogP) is 2.41. The standard InChI is InChI=1S/C11H19N3/c1-9-4-3-5-10(8-9)12-11-6-7-14(2)13-11/h6-7,9-10H,3-5,8H2,1-2H3,(H,12,13). The Labute approximate surface area is 85.5 Å². The first-order chi connectivity index (χ1) is 6.74. The van der Waals surface area contributed by atoms with E-state index in [-0.39, 0.29) is 0 Å². The third-order valence-electron chi connectivity index (χ3n) is 3.00. The molecule has 3 heteroatoms. The second kappa shape index (κ2) is 4.03. The van der Waals surface area contributed by atoms with Crippen molar-refractivity contribution < 1.29 is 0 Å². The molecule has 14 heavy (non-hydrogen) atoms. The maximum Gasteiger partial charge on any atom is 0.148 e. The van der Waals surface area contributed by atoms with Crippen LogP contribution in [-0.4, -0.2) is 15.8 Å². The molecule has 2 unspecified atom stereocenters. The minimum absolute atomic E-state index is 0.633. The molecule has 1 N–H and O–H groups in total. The molecule has 78 valence electrons.